The minimum absolute atomic E-state index is 0.0801. The first-order valence-electron chi connectivity index (χ1n) is 11.4. The number of esters is 1. The van der Waals surface area contributed by atoms with E-state index in [1.165, 1.54) is 7.11 Å². The van der Waals surface area contributed by atoms with Crippen LogP contribution in [0.15, 0.2) is 0 Å². The van der Waals surface area contributed by atoms with Crippen LogP contribution in [0.5, 0.6) is 0 Å². The minimum atomic E-state index is -0.555. The lowest BCUT2D eigenvalue weighted by Crippen LogP contribution is -2.41. The van der Waals surface area contributed by atoms with Crippen molar-refractivity contribution in [2.24, 2.45) is 5.92 Å². The van der Waals surface area contributed by atoms with Gasteiger partial charge >= 0.3 is 12.1 Å². The van der Waals surface area contributed by atoms with E-state index in [1.807, 2.05) is 39.3 Å². The molecule has 0 saturated heterocycles. The number of rotatable bonds is 9. The summed E-state index contributed by atoms with van der Waals surface area (Å²) >= 11 is 0. The van der Waals surface area contributed by atoms with Gasteiger partial charge in [0.1, 0.15) is 11.2 Å². The summed E-state index contributed by atoms with van der Waals surface area (Å²) in [5, 5.41) is 10.3. The fourth-order valence-corrected chi connectivity index (χ4v) is 3.79. The summed E-state index contributed by atoms with van der Waals surface area (Å²) in [6, 6.07) is -0.0801. The number of alkyl carbamates (subject to hydrolysis) is 1. The van der Waals surface area contributed by atoms with E-state index >= 15 is 0 Å². The van der Waals surface area contributed by atoms with Crippen LogP contribution < -0.4 is 10.6 Å². The number of aromatic nitrogens is 2. The number of hydrogen-bond donors (Lipinski definition) is 2. The van der Waals surface area contributed by atoms with Gasteiger partial charge in [-0.15, -0.1) is 0 Å². The Hall–Kier alpha value is -2.58. The Morgan fingerprint density at radius 3 is 2.53 bits per heavy atom. The average molecular weight is 451 g/mol. The Labute approximate surface area is 190 Å². The Kier molecular flexibility index (Phi) is 9.09. The first-order chi connectivity index (χ1) is 15.0. The Bertz CT molecular complexity index is 810. The number of hydrogen-bond acceptors (Lipinski definition) is 6. The van der Waals surface area contributed by atoms with Crippen LogP contribution in [0.3, 0.4) is 0 Å². The lowest BCUT2D eigenvalue weighted by atomic mass is 9.98. The standard InChI is InChI=1S/C23H38N4O5/c1-15(2)16(25-22(30)32-23(3,4)5)10-9-12-19(28)24-14-17-20(21(29)31-6)18-11-7-8-13-27(18)26-17/h15-16H,7-14H2,1-6H3,(H,24,28)(H,25,30). The van der Waals surface area contributed by atoms with Gasteiger partial charge < -0.3 is 20.1 Å². The molecule has 1 unspecified atom stereocenters. The van der Waals surface area contributed by atoms with Crippen molar-refractivity contribution in [2.45, 2.75) is 97.9 Å². The highest BCUT2D eigenvalue weighted by atomic mass is 16.6. The van der Waals surface area contributed by atoms with Gasteiger partial charge in [0.05, 0.1) is 25.0 Å². The van der Waals surface area contributed by atoms with E-state index < -0.39 is 17.7 Å². The minimum Gasteiger partial charge on any atom is -0.465 e. The smallest absolute Gasteiger partial charge is 0.407 e. The van der Waals surface area contributed by atoms with Crippen molar-refractivity contribution in [1.29, 1.82) is 0 Å². The van der Waals surface area contributed by atoms with E-state index in [4.69, 9.17) is 9.47 Å². The molecular formula is C23H38N4O5. The van der Waals surface area contributed by atoms with E-state index in [9.17, 15) is 14.4 Å². The molecule has 0 fully saturated rings. The molecule has 1 aromatic rings. The van der Waals surface area contributed by atoms with Gasteiger partial charge in [0.25, 0.3) is 0 Å². The molecule has 2 amide bonds. The average Bonchev–Trinajstić information content (AvgIpc) is 3.07. The van der Waals surface area contributed by atoms with Gasteiger partial charge in [-0.2, -0.15) is 5.10 Å². The summed E-state index contributed by atoms with van der Waals surface area (Å²) in [5.74, 6) is -0.318. The maximum absolute atomic E-state index is 12.4. The second kappa shape index (κ2) is 11.3. The summed E-state index contributed by atoms with van der Waals surface area (Å²) in [4.78, 5) is 36.7. The molecule has 0 aliphatic carbocycles. The molecule has 0 aromatic carbocycles. The fraction of sp³-hybridized carbons (Fsp3) is 0.739. The molecule has 1 aromatic heterocycles. The van der Waals surface area contributed by atoms with Gasteiger partial charge in [-0.05, 0) is 58.8 Å². The number of methoxy groups -OCH3 is 1. The van der Waals surface area contributed by atoms with E-state index in [0.717, 1.165) is 31.5 Å². The van der Waals surface area contributed by atoms with Crippen LogP contribution >= 0.6 is 0 Å². The molecule has 1 atom stereocenters. The van der Waals surface area contributed by atoms with Gasteiger partial charge in [0.2, 0.25) is 5.91 Å². The number of ether oxygens (including phenoxy) is 2. The molecule has 9 heteroatoms. The molecule has 0 bridgehead atoms. The van der Waals surface area contributed by atoms with Crippen molar-refractivity contribution >= 4 is 18.0 Å². The highest BCUT2D eigenvalue weighted by Gasteiger charge is 2.26. The number of aryl methyl sites for hydroxylation is 1. The molecule has 0 saturated carbocycles. The zero-order valence-corrected chi connectivity index (χ0v) is 20.2. The van der Waals surface area contributed by atoms with Crippen molar-refractivity contribution in [1.82, 2.24) is 20.4 Å². The molecule has 9 nitrogen and oxygen atoms in total. The molecule has 0 spiro atoms. The number of fused-ring (bicyclic) bond motifs is 1. The van der Waals surface area contributed by atoms with Crippen molar-refractivity contribution in [3.63, 3.8) is 0 Å². The Morgan fingerprint density at radius 1 is 1.19 bits per heavy atom. The molecular weight excluding hydrogens is 412 g/mol. The van der Waals surface area contributed by atoms with Gasteiger partial charge in [-0.3, -0.25) is 9.48 Å². The van der Waals surface area contributed by atoms with Crippen molar-refractivity contribution < 1.29 is 23.9 Å². The summed E-state index contributed by atoms with van der Waals surface area (Å²) in [7, 11) is 1.36. The molecule has 180 valence electrons. The summed E-state index contributed by atoms with van der Waals surface area (Å²) in [6.45, 7) is 10.5. The van der Waals surface area contributed by atoms with Gasteiger partial charge in [0, 0.05) is 19.0 Å². The monoisotopic (exact) mass is 450 g/mol. The number of amides is 2. The Morgan fingerprint density at radius 2 is 1.91 bits per heavy atom. The van der Waals surface area contributed by atoms with Crippen LogP contribution in [-0.4, -0.2) is 46.5 Å². The maximum atomic E-state index is 12.4. The molecule has 1 aliphatic rings. The van der Waals surface area contributed by atoms with Crippen molar-refractivity contribution in [3.8, 4) is 0 Å². The van der Waals surface area contributed by atoms with Gasteiger partial charge in [-0.25, -0.2) is 9.59 Å². The second-order valence-corrected chi connectivity index (χ2v) is 9.61. The molecule has 1 aliphatic heterocycles. The summed E-state index contributed by atoms with van der Waals surface area (Å²) < 4.78 is 12.1. The first kappa shape index (κ1) is 25.7. The second-order valence-electron chi connectivity index (χ2n) is 9.61. The zero-order chi connectivity index (χ0) is 23.9. The first-order valence-corrected chi connectivity index (χ1v) is 11.4. The predicted octanol–water partition coefficient (Wildman–Crippen LogP) is 3.34. The quantitative estimate of drug-likeness (QED) is 0.558. The van der Waals surface area contributed by atoms with E-state index in [0.29, 0.717) is 30.5 Å². The van der Waals surface area contributed by atoms with Crippen LogP contribution in [-0.2, 0) is 33.8 Å². The predicted molar refractivity (Wildman–Crippen MR) is 120 cm³/mol. The number of nitrogens with zero attached hydrogens (tertiary/aromatic N) is 2. The summed E-state index contributed by atoms with van der Waals surface area (Å²) in [6.07, 6.45) is 3.97. The number of nitrogens with one attached hydrogen (secondary N) is 2. The van der Waals surface area contributed by atoms with E-state index in [2.05, 4.69) is 15.7 Å². The third-order valence-corrected chi connectivity index (χ3v) is 5.43. The Balaban J connectivity index is 1.86. The largest absolute Gasteiger partial charge is 0.465 e. The third kappa shape index (κ3) is 7.53. The lowest BCUT2D eigenvalue weighted by molar-refractivity contribution is -0.121. The molecule has 0 radical (unpaired) electrons. The van der Waals surface area contributed by atoms with E-state index in [-0.39, 0.29) is 24.4 Å². The fourth-order valence-electron chi connectivity index (χ4n) is 3.79. The number of carbonyl (C=O) groups is 3. The SMILES string of the molecule is COC(=O)c1c(CNC(=O)CCCC(NC(=O)OC(C)(C)C)C(C)C)nn2c1CCCC2. The van der Waals surface area contributed by atoms with Crippen molar-refractivity contribution in [3.05, 3.63) is 17.0 Å². The lowest BCUT2D eigenvalue weighted by Gasteiger charge is -2.25. The van der Waals surface area contributed by atoms with Crippen molar-refractivity contribution in [2.75, 3.05) is 7.11 Å². The third-order valence-electron chi connectivity index (χ3n) is 5.43. The van der Waals surface area contributed by atoms with Gasteiger partial charge in [-0.1, -0.05) is 13.8 Å². The van der Waals surface area contributed by atoms with Crippen LogP contribution in [0.2, 0.25) is 0 Å². The maximum Gasteiger partial charge on any atom is 0.407 e. The molecule has 2 heterocycles. The summed E-state index contributed by atoms with van der Waals surface area (Å²) in [5.41, 5.74) is 1.36. The molecule has 32 heavy (non-hydrogen) atoms. The van der Waals surface area contributed by atoms with Crippen LogP contribution in [0, 0.1) is 5.92 Å². The molecule has 2 N–H and O–H groups in total. The van der Waals surface area contributed by atoms with Crippen LogP contribution in [0.1, 0.15) is 88.5 Å². The van der Waals surface area contributed by atoms with Gasteiger partial charge in [0.15, 0.2) is 0 Å². The molecule has 2 rings (SSSR count). The van der Waals surface area contributed by atoms with E-state index in [1.54, 1.807) is 0 Å². The highest BCUT2D eigenvalue weighted by molar-refractivity contribution is 5.92. The topological polar surface area (TPSA) is 112 Å². The zero-order valence-electron chi connectivity index (χ0n) is 20.2. The number of carbonyl (C=O) groups excluding carboxylic acids is 3. The highest BCUT2D eigenvalue weighted by Crippen LogP contribution is 2.22. The van der Waals surface area contributed by atoms with Crippen LogP contribution in [0.4, 0.5) is 4.79 Å². The van der Waals surface area contributed by atoms with Crippen LogP contribution in [0.25, 0.3) is 0 Å². The normalized spacial score (nSPS) is 14.5.